The molecule has 0 unspecified atom stereocenters. The molecule has 7 heteroatoms. The number of pyridine rings is 1. The summed E-state index contributed by atoms with van der Waals surface area (Å²) in [6, 6.07) is 49.1. The molecule has 0 saturated heterocycles. The second kappa shape index (κ2) is 18.1. The van der Waals surface area contributed by atoms with Crippen molar-refractivity contribution >= 4 is 54.6 Å². The fraction of sp³-hybridized carbons (Fsp3) is 0.0769. The van der Waals surface area contributed by atoms with Crippen LogP contribution >= 0.6 is 0 Å². The van der Waals surface area contributed by atoms with Crippen LogP contribution in [0.5, 0.6) is 11.5 Å². The van der Waals surface area contributed by atoms with Gasteiger partial charge in [-0.25, -0.2) is 4.98 Å². The zero-order valence-corrected chi connectivity index (χ0v) is 41.2. The molecule has 0 saturated carbocycles. The van der Waals surface area contributed by atoms with Crippen LogP contribution in [0.3, 0.4) is 0 Å². The molecule has 9 aromatic carbocycles. The zero-order chi connectivity index (χ0) is 58.1. The van der Waals surface area contributed by atoms with E-state index in [1.807, 2.05) is 73.9 Å². The summed E-state index contributed by atoms with van der Waals surface area (Å²) in [5.74, 6) is 1.13. The fourth-order valence-corrected chi connectivity index (χ4v) is 9.71. The Labute approximate surface area is 449 Å². The Morgan fingerprint density at radius 2 is 1.21 bits per heavy atom. The average molecular weight is 1120 g/mol. The molecular formula is C65H47N5OPt-2. The maximum absolute atomic E-state index is 9.22. The molecule has 0 aliphatic carbocycles. The van der Waals surface area contributed by atoms with Gasteiger partial charge < -0.3 is 18.4 Å². The summed E-state index contributed by atoms with van der Waals surface area (Å²) in [6.45, 7) is 5.62. The average Bonchev–Trinajstić information content (AvgIpc) is 1.90. The summed E-state index contributed by atoms with van der Waals surface area (Å²) in [4.78, 5) is 4.85. The third-order valence-electron chi connectivity index (χ3n) is 12.5. The normalized spacial score (nSPS) is 14.3. The Morgan fingerprint density at radius 1 is 0.583 bits per heavy atom. The number of ether oxygens (including phenoxy) is 1. The molecule has 0 fully saturated rings. The Balaban J connectivity index is 0.00000694. The summed E-state index contributed by atoms with van der Waals surface area (Å²) in [5.41, 5.74) is 5.86. The first-order valence-electron chi connectivity index (χ1n) is 29.1. The van der Waals surface area contributed by atoms with Crippen molar-refractivity contribution in [2.24, 2.45) is 5.41 Å². The first-order valence-corrected chi connectivity index (χ1v) is 23.1. The number of nitrogens with zero attached hydrogens (tertiary/aromatic N) is 5. The van der Waals surface area contributed by atoms with Crippen LogP contribution in [0.15, 0.2) is 218 Å². The summed E-state index contributed by atoms with van der Waals surface area (Å²) in [7, 11) is 0. The Kier molecular flexibility index (Phi) is 8.39. The van der Waals surface area contributed by atoms with Gasteiger partial charge in [-0.15, -0.1) is 29.7 Å². The van der Waals surface area contributed by atoms with E-state index in [4.69, 9.17) is 23.4 Å². The molecule has 6 nitrogen and oxygen atoms in total. The van der Waals surface area contributed by atoms with Gasteiger partial charge in [0.05, 0.1) is 41.5 Å². The van der Waals surface area contributed by atoms with E-state index < -0.39 is 72.2 Å². The van der Waals surface area contributed by atoms with Crippen molar-refractivity contribution in [3.05, 3.63) is 242 Å². The standard InChI is InChI=1S/C65H47N5O.Pt/c1-65(2,3)42-44-36-37-66-63(38-44)70-59-35-32-48(69-57-28-12-10-24-53(57)54-25-11-13-29-58(54)69)40-56(59)55-34-33-50(41-62(55)70)71-49-23-16-22-47(39-49)67-43-68(61-31-15-14-30-60(61)67)64-51(45-18-6-4-7-19-45)26-17-27-52(64)46-20-8-5-9-21-46;/h4-38,40H,42H2,1-3H3;/q-2;/i4D,5D,6D,7D,8D,9D,18D,19D,20D,21D,42D2;. The second-order valence-electron chi connectivity index (χ2n) is 18.2. The SMILES string of the molecule is [2H]c1c([2H])c([2H])c(-c2cccc(-c3c([2H])c([2H])c([2H])c([2H])c3[2H])c2-[n+]2[c-]n(-c3[c-]c(Oc4[c-]c5c(cc4)c4cc(-n6c7ccccc7c7ccccc76)ccc4n5-c4cc(C([2H])([2H])C(C)(C)C)ccn4)ccc3)c3ccccc32)c([2H])c1[2H].[Pt]. The molecule has 13 aromatic rings. The molecule has 4 aromatic heterocycles. The molecule has 0 bridgehead atoms. The van der Waals surface area contributed by atoms with Gasteiger partial charge in [0.15, 0.2) is 0 Å². The number of hydrogen-bond donors (Lipinski definition) is 0. The van der Waals surface area contributed by atoms with Gasteiger partial charge in [0, 0.05) is 63.5 Å². The molecule has 0 amide bonds. The number of imidazole rings is 1. The topological polar surface area (TPSA) is 40.8 Å². The minimum absolute atomic E-state index is 0. The molecule has 72 heavy (non-hydrogen) atoms. The third kappa shape index (κ3) is 7.89. The van der Waals surface area contributed by atoms with E-state index in [-0.39, 0.29) is 49.0 Å². The van der Waals surface area contributed by atoms with Crippen LogP contribution in [0.1, 0.15) is 42.8 Å². The number of hydrogen-bond acceptors (Lipinski definition) is 2. The first-order chi connectivity index (χ1) is 39.7. The Bertz CT molecular complexity index is 4690. The van der Waals surface area contributed by atoms with Gasteiger partial charge in [0.2, 0.25) is 0 Å². The van der Waals surface area contributed by atoms with Crippen LogP contribution in [-0.2, 0) is 27.4 Å². The van der Waals surface area contributed by atoms with Crippen molar-refractivity contribution in [1.29, 1.82) is 0 Å². The second-order valence-corrected chi connectivity index (χ2v) is 18.2. The maximum Gasteiger partial charge on any atom is 0.268 e. The van der Waals surface area contributed by atoms with E-state index in [9.17, 15) is 2.74 Å². The molecule has 0 aliphatic heterocycles. The summed E-state index contributed by atoms with van der Waals surface area (Å²) >= 11 is 0. The monoisotopic (exact) mass is 1120 g/mol. The third-order valence-corrected chi connectivity index (χ3v) is 12.5. The summed E-state index contributed by atoms with van der Waals surface area (Å²) in [6.07, 6.45) is 3.33. The van der Waals surface area contributed by atoms with Crippen LogP contribution in [-0.4, -0.2) is 18.7 Å². The van der Waals surface area contributed by atoms with Gasteiger partial charge in [-0.1, -0.05) is 166 Å². The van der Waals surface area contributed by atoms with Gasteiger partial charge in [0.25, 0.3) is 6.33 Å². The van der Waals surface area contributed by atoms with Crippen molar-refractivity contribution in [3.8, 4) is 56.6 Å². The molecule has 13 rings (SSSR count). The molecule has 0 atom stereocenters. The van der Waals surface area contributed by atoms with E-state index in [0.29, 0.717) is 45.1 Å². The van der Waals surface area contributed by atoms with Gasteiger partial charge in [-0.05, 0) is 93.1 Å². The molecule has 4 heterocycles. The predicted molar refractivity (Wildman–Crippen MR) is 288 cm³/mol. The van der Waals surface area contributed by atoms with Crippen molar-refractivity contribution in [1.82, 2.24) is 18.7 Å². The van der Waals surface area contributed by atoms with Gasteiger partial charge in [-0.2, -0.15) is 18.2 Å². The summed E-state index contributed by atoms with van der Waals surface area (Å²) < 4.78 is 120. The maximum atomic E-state index is 9.22. The largest absolute Gasteiger partial charge is 0.510 e. The number of aromatic nitrogens is 5. The number of para-hydroxylation sites is 5. The first kappa shape index (κ1) is 33.3. The van der Waals surface area contributed by atoms with E-state index in [2.05, 4.69) is 65.5 Å². The Morgan fingerprint density at radius 3 is 1.90 bits per heavy atom. The van der Waals surface area contributed by atoms with Gasteiger partial charge >= 0.3 is 0 Å². The van der Waals surface area contributed by atoms with Crippen molar-refractivity contribution < 1.29 is 46.8 Å². The quantitative estimate of drug-likeness (QED) is 0.107. The van der Waals surface area contributed by atoms with Gasteiger partial charge in [-0.3, -0.25) is 4.57 Å². The molecule has 350 valence electrons. The molecule has 0 aliphatic rings. The van der Waals surface area contributed by atoms with Crippen molar-refractivity contribution in [2.75, 3.05) is 0 Å². The number of rotatable bonds is 9. The minimum atomic E-state index is -1.71. The number of fused-ring (bicyclic) bond motifs is 7. The van der Waals surface area contributed by atoms with Crippen molar-refractivity contribution in [3.63, 3.8) is 0 Å². The molecule has 0 spiro atoms. The van der Waals surface area contributed by atoms with Gasteiger partial charge in [0.1, 0.15) is 5.82 Å². The van der Waals surface area contributed by atoms with E-state index in [0.717, 1.165) is 43.8 Å². The Hall–Kier alpha value is -8.31. The van der Waals surface area contributed by atoms with E-state index >= 15 is 0 Å². The molecular weight excluding hydrogens is 1060 g/mol. The summed E-state index contributed by atoms with van der Waals surface area (Å²) in [5, 5.41) is 4.03. The molecule has 0 radical (unpaired) electrons. The van der Waals surface area contributed by atoms with Crippen LogP contribution in [0.4, 0.5) is 0 Å². The predicted octanol–water partition coefficient (Wildman–Crippen LogP) is 15.6. The van der Waals surface area contributed by atoms with E-state index in [1.165, 1.54) is 0 Å². The fourth-order valence-electron chi connectivity index (χ4n) is 9.71. The molecule has 0 N–H and O–H groups in total. The number of benzene rings is 9. The van der Waals surface area contributed by atoms with Crippen LogP contribution in [0.25, 0.3) is 99.8 Å². The van der Waals surface area contributed by atoms with Crippen LogP contribution < -0.4 is 9.30 Å². The minimum Gasteiger partial charge on any atom is -0.510 e. The van der Waals surface area contributed by atoms with E-state index in [1.54, 1.807) is 76.0 Å². The zero-order valence-electron chi connectivity index (χ0n) is 51.0. The van der Waals surface area contributed by atoms with Crippen LogP contribution in [0.2, 0.25) is 0 Å². The smallest absolute Gasteiger partial charge is 0.268 e. The van der Waals surface area contributed by atoms with Crippen molar-refractivity contribution in [2.45, 2.75) is 27.1 Å². The van der Waals surface area contributed by atoms with Crippen LogP contribution in [0, 0.1) is 23.9 Å².